The van der Waals surface area contributed by atoms with Crippen LogP contribution >= 0.6 is 0 Å². The first-order valence-electron chi connectivity index (χ1n) is 14.6. The number of likely N-dealkylation sites (tertiary alicyclic amines) is 2. The minimum Gasteiger partial charge on any atom is -0.324 e. The van der Waals surface area contributed by atoms with E-state index in [-0.39, 0.29) is 11.8 Å². The fraction of sp³-hybridized carbons (Fsp3) is 0.343. The largest absolute Gasteiger partial charge is 0.324 e. The van der Waals surface area contributed by atoms with Crippen molar-refractivity contribution in [3.05, 3.63) is 113 Å². The van der Waals surface area contributed by atoms with E-state index >= 15 is 0 Å². The molecule has 4 aromatic carbocycles. The Morgan fingerprint density at radius 3 is 2.00 bits per heavy atom. The van der Waals surface area contributed by atoms with Crippen molar-refractivity contribution in [3.8, 4) is 0 Å². The van der Waals surface area contributed by atoms with Gasteiger partial charge in [-0.1, -0.05) is 60.2 Å². The number of piperidine rings is 2. The topological polar surface area (TPSA) is 35.6 Å². The lowest BCUT2D eigenvalue weighted by Gasteiger charge is -2.32. The van der Waals surface area contributed by atoms with Crippen molar-refractivity contribution < 1.29 is 9.18 Å². The standard InChI is InChI=1S/C35H38FN3O/c1-25-2-5-27(6-3-25)30-16-20-39(21-17-30)35(40)37-34-13-10-31-22-26(4-7-32(31)23-34)24-38-18-14-29(15-19-38)28-8-11-33(36)12-9-28/h2-13,22-23,29-30H,14-21,24H2,1H3,(H,37,40). The molecule has 0 unspecified atom stereocenters. The summed E-state index contributed by atoms with van der Waals surface area (Å²) in [5.41, 5.74) is 6.07. The maximum absolute atomic E-state index is 13.3. The average Bonchev–Trinajstić information content (AvgIpc) is 2.98. The Labute approximate surface area is 236 Å². The number of amides is 2. The molecule has 0 bridgehead atoms. The summed E-state index contributed by atoms with van der Waals surface area (Å²) in [4.78, 5) is 17.4. The summed E-state index contributed by atoms with van der Waals surface area (Å²) in [6.07, 6.45) is 4.21. The Morgan fingerprint density at radius 1 is 0.750 bits per heavy atom. The van der Waals surface area contributed by atoms with Gasteiger partial charge in [-0.05, 0) is 115 Å². The molecule has 4 aromatic rings. The second-order valence-electron chi connectivity index (χ2n) is 11.6. The molecule has 2 amide bonds. The number of hydrogen-bond donors (Lipinski definition) is 1. The number of hydrogen-bond acceptors (Lipinski definition) is 2. The molecule has 5 heteroatoms. The van der Waals surface area contributed by atoms with E-state index in [9.17, 15) is 9.18 Å². The number of carbonyl (C=O) groups excluding carboxylic acids is 1. The fourth-order valence-corrected chi connectivity index (χ4v) is 6.35. The van der Waals surface area contributed by atoms with Crippen LogP contribution < -0.4 is 5.32 Å². The summed E-state index contributed by atoms with van der Waals surface area (Å²) in [7, 11) is 0. The molecular formula is C35H38FN3O. The Hall–Kier alpha value is -3.70. The molecule has 206 valence electrons. The Balaban J connectivity index is 1.01. The van der Waals surface area contributed by atoms with Crippen LogP contribution in [0.2, 0.25) is 0 Å². The molecule has 2 aliphatic rings. The predicted molar refractivity (Wildman–Crippen MR) is 161 cm³/mol. The van der Waals surface area contributed by atoms with Gasteiger partial charge in [-0.2, -0.15) is 0 Å². The van der Waals surface area contributed by atoms with Gasteiger partial charge in [-0.25, -0.2) is 9.18 Å². The highest BCUT2D eigenvalue weighted by atomic mass is 19.1. The molecule has 0 atom stereocenters. The molecular weight excluding hydrogens is 497 g/mol. The number of fused-ring (bicyclic) bond motifs is 1. The molecule has 4 nitrogen and oxygen atoms in total. The number of nitrogens with one attached hydrogen (secondary N) is 1. The summed E-state index contributed by atoms with van der Waals surface area (Å²) in [6, 6.07) is 28.6. The highest BCUT2D eigenvalue weighted by molar-refractivity contribution is 5.93. The van der Waals surface area contributed by atoms with Crippen molar-refractivity contribution in [3.63, 3.8) is 0 Å². The second-order valence-corrected chi connectivity index (χ2v) is 11.6. The number of rotatable bonds is 5. The molecule has 0 aliphatic carbocycles. The lowest BCUT2D eigenvalue weighted by Crippen LogP contribution is -2.40. The van der Waals surface area contributed by atoms with Gasteiger partial charge in [0.15, 0.2) is 0 Å². The van der Waals surface area contributed by atoms with Crippen molar-refractivity contribution in [2.75, 3.05) is 31.5 Å². The van der Waals surface area contributed by atoms with E-state index in [1.165, 1.54) is 27.6 Å². The maximum Gasteiger partial charge on any atom is 0.321 e. The van der Waals surface area contributed by atoms with E-state index < -0.39 is 0 Å². The van der Waals surface area contributed by atoms with E-state index in [4.69, 9.17) is 0 Å². The van der Waals surface area contributed by atoms with Crippen LogP contribution in [-0.4, -0.2) is 42.0 Å². The van der Waals surface area contributed by atoms with Gasteiger partial charge >= 0.3 is 6.03 Å². The van der Waals surface area contributed by atoms with Crippen LogP contribution in [0.15, 0.2) is 84.9 Å². The number of nitrogens with zero attached hydrogens (tertiary/aromatic N) is 2. The number of carbonyl (C=O) groups is 1. The number of aryl methyl sites for hydroxylation is 1. The van der Waals surface area contributed by atoms with Gasteiger partial charge in [0.25, 0.3) is 0 Å². The van der Waals surface area contributed by atoms with Gasteiger partial charge in [-0.3, -0.25) is 4.90 Å². The van der Waals surface area contributed by atoms with Crippen molar-refractivity contribution in [1.82, 2.24) is 9.80 Å². The van der Waals surface area contributed by atoms with Crippen molar-refractivity contribution >= 4 is 22.5 Å². The van der Waals surface area contributed by atoms with Crippen LogP contribution in [0.5, 0.6) is 0 Å². The molecule has 0 spiro atoms. The molecule has 0 aromatic heterocycles. The van der Waals surface area contributed by atoms with Gasteiger partial charge < -0.3 is 10.2 Å². The Bertz CT molecular complexity index is 1450. The van der Waals surface area contributed by atoms with Crippen LogP contribution in [-0.2, 0) is 6.54 Å². The summed E-state index contributed by atoms with van der Waals surface area (Å²) in [5.74, 6) is 0.878. The SMILES string of the molecule is Cc1ccc(C2CCN(C(=O)Nc3ccc4cc(CN5CCC(c6ccc(F)cc6)CC5)ccc4c3)CC2)cc1. The summed E-state index contributed by atoms with van der Waals surface area (Å²) < 4.78 is 13.3. The third-order valence-electron chi connectivity index (χ3n) is 8.82. The third kappa shape index (κ3) is 6.20. The Morgan fingerprint density at radius 2 is 1.32 bits per heavy atom. The summed E-state index contributed by atoms with van der Waals surface area (Å²) in [6.45, 7) is 6.71. The molecule has 2 heterocycles. The average molecular weight is 536 g/mol. The molecule has 2 aliphatic heterocycles. The lowest BCUT2D eigenvalue weighted by molar-refractivity contribution is 0.194. The normalized spacial score (nSPS) is 17.3. The first kappa shape index (κ1) is 26.5. The predicted octanol–water partition coefficient (Wildman–Crippen LogP) is 8.08. The van der Waals surface area contributed by atoms with E-state index in [0.29, 0.717) is 11.8 Å². The van der Waals surface area contributed by atoms with E-state index in [1.807, 2.05) is 23.1 Å². The molecule has 1 N–H and O–H groups in total. The second kappa shape index (κ2) is 11.8. The van der Waals surface area contributed by atoms with E-state index in [2.05, 4.69) is 71.7 Å². The fourth-order valence-electron chi connectivity index (χ4n) is 6.35. The zero-order chi connectivity index (χ0) is 27.5. The molecule has 0 radical (unpaired) electrons. The first-order valence-corrected chi connectivity index (χ1v) is 14.6. The zero-order valence-corrected chi connectivity index (χ0v) is 23.3. The lowest BCUT2D eigenvalue weighted by atomic mass is 9.89. The van der Waals surface area contributed by atoms with Gasteiger partial charge in [-0.15, -0.1) is 0 Å². The van der Waals surface area contributed by atoms with Gasteiger partial charge in [0.05, 0.1) is 0 Å². The molecule has 6 rings (SSSR count). The first-order chi connectivity index (χ1) is 19.5. The van der Waals surface area contributed by atoms with Crippen LogP contribution in [0.3, 0.4) is 0 Å². The quantitative estimate of drug-likeness (QED) is 0.280. The Kier molecular flexibility index (Phi) is 7.83. The van der Waals surface area contributed by atoms with Crippen molar-refractivity contribution in [2.45, 2.75) is 51.0 Å². The summed E-state index contributed by atoms with van der Waals surface area (Å²) >= 11 is 0. The minimum atomic E-state index is -0.166. The van der Waals surface area contributed by atoms with E-state index in [0.717, 1.165) is 69.5 Å². The monoisotopic (exact) mass is 535 g/mol. The zero-order valence-electron chi connectivity index (χ0n) is 23.3. The third-order valence-corrected chi connectivity index (χ3v) is 8.82. The smallest absolute Gasteiger partial charge is 0.321 e. The highest BCUT2D eigenvalue weighted by Gasteiger charge is 2.24. The number of benzene rings is 4. The molecule has 2 saturated heterocycles. The molecule has 0 saturated carbocycles. The minimum absolute atomic E-state index is 0.0117. The number of halogens is 1. The van der Waals surface area contributed by atoms with E-state index in [1.54, 1.807) is 12.1 Å². The van der Waals surface area contributed by atoms with Gasteiger partial charge in [0.1, 0.15) is 5.82 Å². The van der Waals surface area contributed by atoms with Crippen LogP contribution in [0.1, 0.15) is 59.8 Å². The van der Waals surface area contributed by atoms with Crippen molar-refractivity contribution in [1.29, 1.82) is 0 Å². The van der Waals surface area contributed by atoms with Gasteiger partial charge in [0, 0.05) is 25.3 Å². The summed E-state index contributed by atoms with van der Waals surface area (Å²) in [5, 5.41) is 5.45. The van der Waals surface area contributed by atoms with Crippen LogP contribution in [0.25, 0.3) is 10.8 Å². The number of anilines is 1. The van der Waals surface area contributed by atoms with Crippen LogP contribution in [0, 0.1) is 12.7 Å². The van der Waals surface area contributed by atoms with Crippen molar-refractivity contribution in [2.24, 2.45) is 0 Å². The molecule has 40 heavy (non-hydrogen) atoms. The van der Waals surface area contributed by atoms with Gasteiger partial charge in [0.2, 0.25) is 0 Å². The molecule has 2 fully saturated rings. The number of urea groups is 1. The highest BCUT2D eigenvalue weighted by Crippen LogP contribution is 2.30. The van der Waals surface area contributed by atoms with Crippen LogP contribution in [0.4, 0.5) is 14.9 Å². The maximum atomic E-state index is 13.3.